The van der Waals surface area contributed by atoms with E-state index < -0.39 is 36.4 Å². The summed E-state index contributed by atoms with van der Waals surface area (Å²) in [5.74, 6) is -2.61. The summed E-state index contributed by atoms with van der Waals surface area (Å²) < 4.78 is 21.3. The maximum absolute atomic E-state index is 14.3. The van der Waals surface area contributed by atoms with Gasteiger partial charge in [0.25, 0.3) is 5.91 Å². The highest BCUT2D eigenvalue weighted by Gasteiger charge is 2.30. The third-order valence-corrected chi connectivity index (χ3v) is 7.88. The van der Waals surface area contributed by atoms with E-state index in [1.165, 1.54) is 12.1 Å². The van der Waals surface area contributed by atoms with Gasteiger partial charge < -0.3 is 34.7 Å². The molecule has 0 saturated heterocycles. The Morgan fingerprint density at radius 1 is 0.854 bits per heavy atom. The third-order valence-electron chi connectivity index (χ3n) is 7.88. The number of aliphatic carboxylic acids is 1. The summed E-state index contributed by atoms with van der Waals surface area (Å²) in [6.45, 7) is 7.61. The number of aliphatic hydroxyl groups is 2. The molecule has 4 rings (SSSR count). The number of carboxylic acid groups (broad SMARTS) is 1. The van der Waals surface area contributed by atoms with E-state index in [1.807, 2.05) is 48.7 Å². The number of rotatable bonds is 15. The second kappa shape index (κ2) is 16.3. The molecule has 0 aliphatic rings. The Kier molecular flexibility index (Phi) is 12.3. The SMILES string of the molecule is CC(C)OC(=O)c1ccc(CNC(=O)c2c(-c3ccccc3)c(-c3ccc(F)cc3)c(CC[C@@H](O)C[C@@H](O)CC(=O)[O-])n2C(C)C)cc1. The predicted octanol–water partition coefficient (Wildman–Crippen LogP) is 5.22. The van der Waals surface area contributed by atoms with Gasteiger partial charge in [0.1, 0.15) is 11.5 Å². The molecule has 0 fully saturated rings. The molecule has 0 unspecified atom stereocenters. The van der Waals surface area contributed by atoms with Crippen molar-refractivity contribution >= 4 is 17.8 Å². The zero-order valence-corrected chi connectivity index (χ0v) is 27.6. The van der Waals surface area contributed by atoms with Gasteiger partial charge in [0.2, 0.25) is 0 Å². The van der Waals surface area contributed by atoms with Crippen LogP contribution in [0.4, 0.5) is 4.39 Å². The van der Waals surface area contributed by atoms with E-state index in [-0.39, 0.29) is 43.9 Å². The third kappa shape index (κ3) is 9.17. The van der Waals surface area contributed by atoms with Gasteiger partial charge in [-0.05, 0) is 87.9 Å². The van der Waals surface area contributed by atoms with Crippen LogP contribution in [0.25, 0.3) is 22.3 Å². The van der Waals surface area contributed by atoms with Crippen LogP contribution in [0.3, 0.4) is 0 Å². The first-order chi connectivity index (χ1) is 22.8. The van der Waals surface area contributed by atoms with Crippen molar-refractivity contribution < 1.29 is 38.8 Å². The zero-order chi connectivity index (χ0) is 35.0. The minimum Gasteiger partial charge on any atom is -0.550 e. The molecule has 0 radical (unpaired) electrons. The van der Waals surface area contributed by atoms with Crippen LogP contribution in [0.5, 0.6) is 0 Å². The second-order valence-corrected chi connectivity index (χ2v) is 12.4. The normalized spacial score (nSPS) is 12.6. The van der Waals surface area contributed by atoms with Crippen molar-refractivity contribution in [2.45, 2.75) is 84.3 Å². The van der Waals surface area contributed by atoms with Crippen LogP contribution in [-0.4, -0.2) is 50.9 Å². The number of benzene rings is 3. The highest BCUT2D eigenvalue weighted by atomic mass is 19.1. The summed E-state index contributed by atoms with van der Waals surface area (Å²) in [5.41, 5.74) is 5.07. The van der Waals surface area contributed by atoms with Crippen molar-refractivity contribution in [1.82, 2.24) is 9.88 Å². The highest BCUT2D eigenvalue weighted by molar-refractivity contribution is 6.05. The number of halogens is 1. The number of carbonyl (C=O) groups is 3. The lowest BCUT2D eigenvalue weighted by molar-refractivity contribution is -0.307. The van der Waals surface area contributed by atoms with Crippen LogP contribution in [0.2, 0.25) is 0 Å². The van der Waals surface area contributed by atoms with Gasteiger partial charge in [0, 0.05) is 41.8 Å². The molecule has 254 valence electrons. The largest absolute Gasteiger partial charge is 0.550 e. The van der Waals surface area contributed by atoms with E-state index in [2.05, 4.69) is 5.32 Å². The van der Waals surface area contributed by atoms with Gasteiger partial charge >= 0.3 is 5.97 Å². The van der Waals surface area contributed by atoms with Gasteiger partial charge in [0.05, 0.1) is 23.9 Å². The first-order valence-electron chi connectivity index (χ1n) is 16.1. The van der Waals surface area contributed by atoms with E-state index >= 15 is 0 Å². The summed E-state index contributed by atoms with van der Waals surface area (Å²) in [5, 5.41) is 34.8. The summed E-state index contributed by atoms with van der Waals surface area (Å²) in [6, 6.07) is 22.0. The number of aliphatic hydroxyl groups excluding tert-OH is 2. The van der Waals surface area contributed by atoms with E-state index in [0.29, 0.717) is 27.9 Å². The van der Waals surface area contributed by atoms with Crippen molar-refractivity contribution in [3.05, 3.63) is 107 Å². The van der Waals surface area contributed by atoms with Crippen LogP contribution in [-0.2, 0) is 22.5 Å². The number of aromatic nitrogens is 1. The number of amides is 1. The Balaban J connectivity index is 1.77. The fourth-order valence-corrected chi connectivity index (χ4v) is 5.81. The maximum atomic E-state index is 14.3. The van der Waals surface area contributed by atoms with Crippen molar-refractivity contribution in [1.29, 1.82) is 0 Å². The second-order valence-electron chi connectivity index (χ2n) is 12.4. The quantitative estimate of drug-likeness (QED) is 0.149. The molecule has 10 heteroatoms. The molecule has 3 N–H and O–H groups in total. The highest BCUT2D eigenvalue weighted by Crippen LogP contribution is 2.42. The fourth-order valence-electron chi connectivity index (χ4n) is 5.81. The number of nitrogens with one attached hydrogen (secondary N) is 1. The Labute approximate surface area is 280 Å². The van der Waals surface area contributed by atoms with E-state index in [0.717, 1.165) is 16.8 Å². The molecule has 0 bridgehead atoms. The van der Waals surface area contributed by atoms with Crippen molar-refractivity contribution in [3.8, 4) is 22.3 Å². The molecule has 0 aliphatic heterocycles. The average Bonchev–Trinajstić information content (AvgIpc) is 3.38. The molecule has 2 atom stereocenters. The minimum absolute atomic E-state index is 0.158. The Morgan fingerprint density at radius 3 is 2.06 bits per heavy atom. The molecule has 1 heterocycles. The number of esters is 1. The predicted molar refractivity (Wildman–Crippen MR) is 178 cm³/mol. The summed E-state index contributed by atoms with van der Waals surface area (Å²) in [7, 11) is 0. The smallest absolute Gasteiger partial charge is 0.338 e. The van der Waals surface area contributed by atoms with Gasteiger partial charge in [-0.3, -0.25) is 4.79 Å². The first-order valence-corrected chi connectivity index (χ1v) is 16.1. The lowest BCUT2D eigenvalue weighted by Gasteiger charge is -2.20. The topological polar surface area (TPSA) is 141 Å². The molecule has 48 heavy (non-hydrogen) atoms. The van der Waals surface area contributed by atoms with E-state index in [4.69, 9.17) is 4.74 Å². The number of ether oxygens (including phenoxy) is 1. The summed E-state index contributed by atoms with van der Waals surface area (Å²) >= 11 is 0. The van der Waals surface area contributed by atoms with Gasteiger partial charge in [-0.1, -0.05) is 54.6 Å². The number of nitrogens with zero attached hydrogens (tertiary/aromatic N) is 1. The Hall–Kier alpha value is -4.80. The van der Waals surface area contributed by atoms with Crippen molar-refractivity contribution in [3.63, 3.8) is 0 Å². The Bertz CT molecular complexity index is 1700. The number of carbonyl (C=O) groups excluding carboxylic acids is 3. The first kappa shape index (κ1) is 36.0. The van der Waals surface area contributed by atoms with Crippen molar-refractivity contribution in [2.75, 3.05) is 0 Å². The monoisotopic (exact) mass is 657 g/mol. The summed E-state index contributed by atoms with van der Waals surface area (Å²) in [6.07, 6.45) is -2.87. The lowest BCUT2D eigenvalue weighted by atomic mass is 9.92. The molecule has 1 amide bonds. The van der Waals surface area contributed by atoms with Crippen LogP contribution in [0.1, 0.15) is 85.1 Å². The van der Waals surface area contributed by atoms with E-state index in [9.17, 15) is 34.1 Å². The summed E-state index contributed by atoms with van der Waals surface area (Å²) in [4.78, 5) is 37.5. The van der Waals surface area contributed by atoms with Crippen LogP contribution in [0, 0.1) is 5.82 Å². The molecule has 9 nitrogen and oxygen atoms in total. The zero-order valence-electron chi connectivity index (χ0n) is 27.6. The lowest BCUT2D eigenvalue weighted by Crippen LogP contribution is -2.29. The average molecular weight is 658 g/mol. The molecule has 0 aliphatic carbocycles. The van der Waals surface area contributed by atoms with Gasteiger partial charge in [-0.25, -0.2) is 9.18 Å². The molecular formula is C38H42FN2O7-. The molecular weight excluding hydrogens is 615 g/mol. The maximum Gasteiger partial charge on any atom is 0.338 e. The minimum atomic E-state index is -1.41. The molecule has 4 aromatic rings. The van der Waals surface area contributed by atoms with Crippen molar-refractivity contribution in [2.24, 2.45) is 0 Å². The molecule has 0 saturated carbocycles. The number of carboxylic acids is 1. The number of hydrogen-bond acceptors (Lipinski definition) is 7. The molecule has 3 aromatic carbocycles. The fraction of sp³-hybridized carbons (Fsp3) is 0.342. The Morgan fingerprint density at radius 2 is 1.48 bits per heavy atom. The van der Waals surface area contributed by atoms with Crippen LogP contribution in [0.15, 0.2) is 78.9 Å². The standard InChI is InChI=1S/C38H43FN2O7/c1-23(2)41-32(19-18-30(42)20-31(43)21-33(44)45)34(27-14-16-29(39)17-15-27)35(26-8-6-5-7-9-26)36(41)37(46)40-22-25-10-12-28(13-11-25)38(47)48-24(3)4/h5-17,23-24,30-31,42-43H,18-22H2,1-4H3,(H,40,46)(H,44,45)/p-1/t30-,31-/m1/s1. The number of hydrogen-bond donors (Lipinski definition) is 3. The molecule has 0 spiro atoms. The van der Waals surface area contributed by atoms with Gasteiger partial charge in [-0.2, -0.15) is 0 Å². The van der Waals surface area contributed by atoms with Crippen LogP contribution < -0.4 is 10.4 Å². The van der Waals surface area contributed by atoms with E-state index in [1.54, 1.807) is 50.2 Å². The van der Waals surface area contributed by atoms with Gasteiger partial charge in [0.15, 0.2) is 0 Å². The van der Waals surface area contributed by atoms with Crippen LogP contribution >= 0.6 is 0 Å². The molecule has 1 aromatic heterocycles. The van der Waals surface area contributed by atoms with Gasteiger partial charge in [-0.15, -0.1) is 0 Å².